The predicted molar refractivity (Wildman–Crippen MR) is 114 cm³/mol. The lowest BCUT2D eigenvalue weighted by atomic mass is 9.93. The van der Waals surface area contributed by atoms with Crippen molar-refractivity contribution in [2.24, 2.45) is 0 Å². The average molecular weight is 417 g/mol. The number of hydrogen-bond acceptors (Lipinski definition) is 4. The van der Waals surface area contributed by atoms with Crippen LogP contribution in [-0.2, 0) is 6.42 Å². The maximum Gasteiger partial charge on any atom is 0.229 e. The minimum atomic E-state index is -0.322. The number of rotatable bonds is 3. The van der Waals surface area contributed by atoms with Gasteiger partial charge < -0.3 is 10.2 Å². The fraction of sp³-hybridized carbons (Fsp3) is 0.273. The third-order valence-electron chi connectivity index (χ3n) is 5.36. The summed E-state index contributed by atoms with van der Waals surface area (Å²) in [6.07, 6.45) is 0.828. The summed E-state index contributed by atoms with van der Waals surface area (Å²) in [5.74, 6) is 0.684. The van der Waals surface area contributed by atoms with E-state index >= 15 is 0 Å². The highest BCUT2D eigenvalue weighted by Crippen LogP contribution is 2.35. The summed E-state index contributed by atoms with van der Waals surface area (Å²) in [5.41, 5.74) is 4.58. The molecule has 29 heavy (non-hydrogen) atoms. The number of nitrogens with one attached hydrogen (secondary N) is 1. The van der Waals surface area contributed by atoms with Gasteiger partial charge in [-0.2, -0.15) is 4.98 Å². The van der Waals surface area contributed by atoms with Crippen LogP contribution >= 0.6 is 12.4 Å². The van der Waals surface area contributed by atoms with Gasteiger partial charge in [-0.25, -0.2) is 13.8 Å². The van der Waals surface area contributed by atoms with Gasteiger partial charge in [-0.1, -0.05) is 12.1 Å². The summed E-state index contributed by atoms with van der Waals surface area (Å²) < 4.78 is 27.3. The van der Waals surface area contributed by atoms with E-state index in [0.29, 0.717) is 11.6 Å². The highest BCUT2D eigenvalue weighted by atomic mass is 35.5. The molecule has 2 heterocycles. The van der Waals surface area contributed by atoms with E-state index in [0.717, 1.165) is 35.6 Å². The van der Waals surface area contributed by atoms with Gasteiger partial charge in [0.15, 0.2) is 0 Å². The molecule has 1 N–H and O–H groups in total. The van der Waals surface area contributed by atoms with E-state index in [4.69, 9.17) is 4.98 Å². The summed E-state index contributed by atoms with van der Waals surface area (Å²) in [5, 5.41) is 3.09. The molecule has 1 aliphatic heterocycles. The largest absolute Gasteiger partial charge is 0.349 e. The minimum absolute atomic E-state index is 0. The van der Waals surface area contributed by atoms with Crippen LogP contribution in [0.25, 0.3) is 0 Å². The number of nitrogens with zero attached hydrogens (tertiary/aromatic N) is 3. The van der Waals surface area contributed by atoms with E-state index in [1.54, 1.807) is 18.2 Å². The van der Waals surface area contributed by atoms with Gasteiger partial charge in [-0.15, -0.1) is 12.4 Å². The van der Waals surface area contributed by atoms with Gasteiger partial charge in [0.1, 0.15) is 17.5 Å². The van der Waals surface area contributed by atoms with Gasteiger partial charge in [0.05, 0.1) is 6.04 Å². The molecule has 1 unspecified atom stereocenters. The van der Waals surface area contributed by atoms with Crippen molar-refractivity contribution in [1.82, 2.24) is 9.97 Å². The second-order valence-corrected chi connectivity index (χ2v) is 7.18. The normalized spacial score (nSPS) is 15.5. The summed E-state index contributed by atoms with van der Waals surface area (Å²) in [6.45, 7) is 6.77. The summed E-state index contributed by atoms with van der Waals surface area (Å²) in [4.78, 5) is 11.4. The van der Waals surface area contributed by atoms with Crippen LogP contribution in [0.15, 0.2) is 42.5 Å². The summed E-state index contributed by atoms with van der Waals surface area (Å²) in [6, 6.07) is 11.2. The average Bonchev–Trinajstić information content (AvgIpc) is 2.66. The van der Waals surface area contributed by atoms with Crippen molar-refractivity contribution in [3.63, 3.8) is 0 Å². The molecule has 0 fully saturated rings. The summed E-state index contributed by atoms with van der Waals surface area (Å²) in [7, 11) is 0. The SMILES string of the molecule is Cc1nc(Nc2cccc(F)c2)nc(N2CCc3ccc(F)cc3C2C)c1C.Cl. The van der Waals surface area contributed by atoms with Crippen molar-refractivity contribution >= 4 is 29.9 Å². The molecule has 0 aliphatic carbocycles. The fourth-order valence-electron chi connectivity index (χ4n) is 3.72. The first-order chi connectivity index (χ1) is 13.4. The Morgan fingerprint density at radius 2 is 1.79 bits per heavy atom. The van der Waals surface area contributed by atoms with Gasteiger partial charge in [-0.05, 0) is 68.7 Å². The van der Waals surface area contributed by atoms with E-state index in [2.05, 4.69) is 22.1 Å². The van der Waals surface area contributed by atoms with Gasteiger partial charge >= 0.3 is 0 Å². The van der Waals surface area contributed by atoms with Crippen LogP contribution in [0.5, 0.6) is 0 Å². The molecule has 1 aliphatic rings. The molecule has 7 heteroatoms. The molecular formula is C22H23ClF2N4. The standard InChI is InChI=1S/C22H22F2N4.ClH/c1-13-14(2)25-22(26-19-6-4-5-17(23)11-19)27-21(13)28-10-9-16-7-8-18(24)12-20(16)15(28)3;/h4-8,11-12,15H,9-10H2,1-3H3,(H,25,26,27);1H. The maximum atomic E-state index is 13.8. The number of halogens is 3. The first-order valence-electron chi connectivity index (χ1n) is 9.35. The van der Waals surface area contributed by atoms with E-state index in [1.165, 1.54) is 23.8 Å². The molecule has 0 spiro atoms. The van der Waals surface area contributed by atoms with Crippen LogP contribution in [0.1, 0.15) is 35.3 Å². The first-order valence-corrected chi connectivity index (χ1v) is 9.35. The smallest absolute Gasteiger partial charge is 0.229 e. The Hall–Kier alpha value is -2.73. The molecule has 1 aromatic heterocycles. The predicted octanol–water partition coefficient (Wildman–Crippen LogP) is 5.66. The first kappa shape index (κ1) is 21.0. The molecule has 1 atom stereocenters. The van der Waals surface area contributed by atoms with Crippen molar-refractivity contribution in [3.05, 3.63) is 76.5 Å². The van der Waals surface area contributed by atoms with Crippen LogP contribution in [0.2, 0.25) is 0 Å². The maximum absolute atomic E-state index is 13.8. The van der Waals surface area contributed by atoms with E-state index < -0.39 is 0 Å². The zero-order chi connectivity index (χ0) is 19.8. The monoisotopic (exact) mass is 416 g/mol. The van der Waals surface area contributed by atoms with Crippen LogP contribution in [0.4, 0.5) is 26.2 Å². The Bertz CT molecular complexity index is 1040. The fourth-order valence-corrected chi connectivity index (χ4v) is 3.72. The molecule has 4 nitrogen and oxygen atoms in total. The Kier molecular flexibility index (Phi) is 6.03. The number of benzene rings is 2. The molecule has 0 radical (unpaired) electrons. The Morgan fingerprint density at radius 3 is 2.55 bits per heavy atom. The number of anilines is 3. The Balaban J connectivity index is 0.00000240. The highest BCUT2D eigenvalue weighted by molar-refractivity contribution is 5.85. The molecule has 2 aromatic carbocycles. The van der Waals surface area contributed by atoms with Crippen LogP contribution in [0, 0.1) is 25.5 Å². The van der Waals surface area contributed by atoms with E-state index in [1.807, 2.05) is 19.9 Å². The van der Waals surface area contributed by atoms with Crippen molar-refractivity contribution in [2.75, 3.05) is 16.8 Å². The number of hydrogen-bond donors (Lipinski definition) is 1. The van der Waals surface area contributed by atoms with Crippen LogP contribution in [0.3, 0.4) is 0 Å². The van der Waals surface area contributed by atoms with Gasteiger partial charge in [-0.3, -0.25) is 0 Å². The van der Waals surface area contributed by atoms with Crippen molar-refractivity contribution in [3.8, 4) is 0 Å². The molecule has 0 bridgehead atoms. The lowest BCUT2D eigenvalue weighted by Gasteiger charge is -2.37. The highest BCUT2D eigenvalue weighted by Gasteiger charge is 2.27. The number of aromatic nitrogens is 2. The molecule has 152 valence electrons. The third kappa shape index (κ3) is 4.17. The minimum Gasteiger partial charge on any atom is -0.349 e. The van der Waals surface area contributed by atoms with Crippen LogP contribution < -0.4 is 10.2 Å². The molecule has 3 aromatic rings. The third-order valence-corrected chi connectivity index (χ3v) is 5.36. The van der Waals surface area contributed by atoms with Crippen LogP contribution in [-0.4, -0.2) is 16.5 Å². The lowest BCUT2D eigenvalue weighted by Crippen LogP contribution is -2.35. The van der Waals surface area contributed by atoms with E-state index in [-0.39, 0.29) is 30.1 Å². The second kappa shape index (κ2) is 8.33. The molecule has 4 rings (SSSR count). The Morgan fingerprint density at radius 1 is 1.03 bits per heavy atom. The molecule has 0 saturated carbocycles. The van der Waals surface area contributed by atoms with Crippen molar-refractivity contribution < 1.29 is 8.78 Å². The quantitative estimate of drug-likeness (QED) is 0.598. The second-order valence-electron chi connectivity index (χ2n) is 7.18. The molecule has 0 amide bonds. The topological polar surface area (TPSA) is 41.1 Å². The van der Waals surface area contributed by atoms with Gasteiger partial charge in [0.2, 0.25) is 5.95 Å². The number of fused-ring (bicyclic) bond motifs is 1. The van der Waals surface area contributed by atoms with E-state index in [9.17, 15) is 8.78 Å². The van der Waals surface area contributed by atoms with Crippen molar-refractivity contribution in [1.29, 1.82) is 0 Å². The molecular weight excluding hydrogens is 394 g/mol. The molecule has 0 saturated heterocycles. The zero-order valence-corrected chi connectivity index (χ0v) is 17.4. The lowest BCUT2D eigenvalue weighted by molar-refractivity contribution is 0.589. The van der Waals surface area contributed by atoms with Crippen molar-refractivity contribution in [2.45, 2.75) is 33.2 Å². The van der Waals surface area contributed by atoms with Gasteiger partial charge in [0, 0.05) is 23.5 Å². The Labute approximate surface area is 175 Å². The number of aryl methyl sites for hydroxylation is 1. The van der Waals surface area contributed by atoms with Gasteiger partial charge in [0.25, 0.3) is 0 Å². The summed E-state index contributed by atoms with van der Waals surface area (Å²) >= 11 is 0. The zero-order valence-electron chi connectivity index (χ0n) is 16.5.